The first-order valence-electron chi connectivity index (χ1n) is 10.6. The number of aryl methyl sites for hydroxylation is 1. The Labute approximate surface area is 228 Å². The number of anilines is 1. The van der Waals surface area contributed by atoms with Crippen LogP contribution in [-0.2, 0) is 21.4 Å². The molecule has 0 saturated carbocycles. The molecule has 1 heterocycles. The fourth-order valence-electron chi connectivity index (χ4n) is 3.45. The number of amides is 1. The lowest BCUT2D eigenvalue weighted by Crippen LogP contribution is -2.37. The van der Waals surface area contributed by atoms with Crippen molar-refractivity contribution in [2.24, 2.45) is 0 Å². The zero-order valence-electron chi connectivity index (χ0n) is 18.9. The molecule has 0 aliphatic heterocycles. The van der Waals surface area contributed by atoms with Crippen LogP contribution in [0.25, 0.3) is 11.3 Å². The van der Waals surface area contributed by atoms with Gasteiger partial charge in [-0.2, -0.15) is 4.31 Å². The van der Waals surface area contributed by atoms with Crippen molar-refractivity contribution in [3.05, 3.63) is 97.7 Å². The van der Waals surface area contributed by atoms with E-state index in [1.54, 1.807) is 36.4 Å². The van der Waals surface area contributed by atoms with E-state index in [0.717, 1.165) is 20.6 Å². The van der Waals surface area contributed by atoms with Crippen molar-refractivity contribution < 1.29 is 13.2 Å². The first-order chi connectivity index (χ1) is 17.1. The second-order valence-electron chi connectivity index (χ2n) is 7.81. The van der Waals surface area contributed by atoms with Gasteiger partial charge in [-0.15, -0.1) is 11.3 Å². The maximum absolute atomic E-state index is 13.5. The standard InChI is InChI=1S/C25H20Cl3N3O3S2/c1-16-29-24(15-35-16)17-4-2-5-19(12-17)30-25(32)14-31(13-21-22(27)6-3-7-23(21)28)36(33,34)20-10-8-18(26)9-11-20/h2-12,15H,13-14H2,1H3,(H,30,32). The summed E-state index contributed by atoms with van der Waals surface area (Å²) in [6.45, 7) is 1.25. The molecule has 4 rings (SSSR count). The molecule has 0 spiro atoms. The number of nitrogens with one attached hydrogen (secondary N) is 1. The van der Waals surface area contributed by atoms with E-state index in [4.69, 9.17) is 34.8 Å². The molecule has 0 aliphatic carbocycles. The Bertz CT molecular complexity index is 1490. The predicted molar refractivity (Wildman–Crippen MR) is 146 cm³/mol. The Morgan fingerprint density at radius 3 is 2.31 bits per heavy atom. The number of hydrogen-bond acceptors (Lipinski definition) is 5. The Balaban J connectivity index is 1.61. The van der Waals surface area contributed by atoms with Crippen LogP contribution in [0.3, 0.4) is 0 Å². The van der Waals surface area contributed by atoms with Crippen LogP contribution in [0, 0.1) is 6.92 Å². The second-order valence-corrected chi connectivity index (χ2v) is 12.1. The van der Waals surface area contributed by atoms with Gasteiger partial charge in [0.2, 0.25) is 15.9 Å². The highest BCUT2D eigenvalue weighted by Crippen LogP contribution is 2.29. The van der Waals surface area contributed by atoms with E-state index in [-0.39, 0.29) is 11.4 Å². The molecule has 0 fully saturated rings. The topological polar surface area (TPSA) is 79.4 Å². The van der Waals surface area contributed by atoms with Crippen molar-refractivity contribution in [2.45, 2.75) is 18.4 Å². The molecule has 1 N–H and O–H groups in total. The van der Waals surface area contributed by atoms with E-state index >= 15 is 0 Å². The van der Waals surface area contributed by atoms with Crippen LogP contribution < -0.4 is 5.32 Å². The van der Waals surface area contributed by atoms with E-state index in [2.05, 4.69) is 10.3 Å². The minimum absolute atomic E-state index is 0.0104. The molecular formula is C25H20Cl3N3O3S2. The molecule has 1 aromatic heterocycles. The van der Waals surface area contributed by atoms with E-state index < -0.39 is 22.5 Å². The monoisotopic (exact) mass is 579 g/mol. The number of halogens is 3. The lowest BCUT2D eigenvalue weighted by molar-refractivity contribution is -0.116. The van der Waals surface area contributed by atoms with Crippen LogP contribution in [-0.4, -0.2) is 30.2 Å². The smallest absolute Gasteiger partial charge is 0.243 e. The molecule has 0 radical (unpaired) electrons. The predicted octanol–water partition coefficient (Wildman–Crippen LogP) is 6.91. The molecule has 36 heavy (non-hydrogen) atoms. The van der Waals surface area contributed by atoms with Crippen LogP contribution in [0.15, 0.2) is 77.0 Å². The summed E-state index contributed by atoms with van der Waals surface area (Å²) in [6, 6.07) is 17.8. The number of rotatable bonds is 8. The summed E-state index contributed by atoms with van der Waals surface area (Å²) in [5.41, 5.74) is 2.55. The zero-order chi connectivity index (χ0) is 25.9. The largest absolute Gasteiger partial charge is 0.325 e. The fraction of sp³-hybridized carbons (Fsp3) is 0.120. The normalized spacial score (nSPS) is 11.6. The minimum atomic E-state index is -4.10. The van der Waals surface area contributed by atoms with Crippen molar-refractivity contribution in [2.75, 3.05) is 11.9 Å². The lowest BCUT2D eigenvalue weighted by atomic mass is 10.1. The summed E-state index contributed by atoms with van der Waals surface area (Å²) in [5, 5.41) is 6.63. The molecule has 3 aromatic carbocycles. The van der Waals surface area contributed by atoms with Crippen molar-refractivity contribution >= 4 is 67.8 Å². The maximum Gasteiger partial charge on any atom is 0.243 e. The molecule has 11 heteroatoms. The number of thiazole rings is 1. The lowest BCUT2D eigenvalue weighted by Gasteiger charge is -2.23. The highest BCUT2D eigenvalue weighted by Gasteiger charge is 2.28. The van der Waals surface area contributed by atoms with Gasteiger partial charge < -0.3 is 5.32 Å². The van der Waals surface area contributed by atoms with Crippen LogP contribution >= 0.6 is 46.1 Å². The average molecular weight is 581 g/mol. The first kappa shape index (κ1) is 26.6. The van der Waals surface area contributed by atoms with E-state index in [0.29, 0.717) is 26.3 Å². The van der Waals surface area contributed by atoms with E-state index in [1.807, 2.05) is 18.4 Å². The molecule has 6 nitrogen and oxygen atoms in total. The molecular weight excluding hydrogens is 561 g/mol. The van der Waals surface area contributed by atoms with Gasteiger partial charge in [-0.3, -0.25) is 4.79 Å². The van der Waals surface area contributed by atoms with Gasteiger partial charge in [0.25, 0.3) is 0 Å². The number of aromatic nitrogens is 1. The molecule has 0 bridgehead atoms. The molecule has 1 amide bonds. The van der Waals surface area contributed by atoms with Crippen molar-refractivity contribution in [1.29, 1.82) is 0 Å². The summed E-state index contributed by atoms with van der Waals surface area (Å²) in [5.74, 6) is -0.526. The Morgan fingerprint density at radius 1 is 1.00 bits per heavy atom. The Kier molecular flexibility index (Phi) is 8.34. The second kappa shape index (κ2) is 11.3. The summed E-state index contributed by atoms with van der Waals surface area (Å²) >= 11 is 20.1. The third kappa shape index (κ3) is 6.26. The highest BCUT2D eigenvalue weighted by atomic mass is 35.5. The maximum atomic E-state index is 13.5. The van der Waals surface area contributed by atoms with Crippen molar-refractivity contribution in [1.82, 2.24) is 9.29 Å². The summed E-state index contributed by atoms with van der Waals surface area (Å²) in [7, 11) is -4.10. The van der Waals surface area contributed by atoms with Gasteiger partial charge in [0, 0.05) is 43.8 Å². The minimum Gasteiger partial charge on any atom is -0.325 e. The van der Waals surface area contributed by atoms with Crippen molar-refractivity contribution in [3.63, 3.8) is 0 Å². The van der Waals surface area contributed by atoms with E-state index in [1.165, 1.54) is 35.6 Å². The zero-order valence-corrected chi connectivity index (χ0v) is 22.8. The average Bonchev–Trinajstić information content (AvgIpc) is 3.27. The van der Waals surface area contributed by atoms with Crippen LogP contribution in [0.5, 0.6) is 0 Å². The van der Waals surface area contributed by atoms with Gasteiger partial charge in [0.15, 0.2) is 0 Å². The van der Waals surface area contributed by atoms with Gasteiger partial charge in [0.05, 0.1) is 22.1 Å². The number of nitrogens with zero attached hydrogens (tertiary/aromatic N) is 2. The van der Waals surface area contributed by atoms with E-state index in [9.17, 15) is 13.2 Å². The van der Waals surface area contributed by atoms with Crippen LogP contribution in [0.1, 0.15) is 10.6 Å². The van der Waals surface area contributed by atoms with Gasteiger partial charge in [-0.1, -0.05) is 53.0 Å². The number of carbonyl (C=O) groups is 1. The quantitative estimate of drug-likeness (QED) is 0.246. The first-order valence-corrected chi connectivity index (χ1v) is 14.1. The SMILES string of the molecule is Cc1nc(-c2cccc(NC(=O)CN(Cc3c(Cl)cccc3Cl)S(=O)(=O)c3ccc(Cl)cc3)c2)cs1. The van der Waals surface area contributed by atoms with Gasteiger partial charge in [-0.25, -0.2) is 13.4 Å². The third-order valence-corrected chi connectivity index (χ3v) is 8.77. The summed E-state index contributed by atoms with van der Waals surface area (Å²) in [6.07, 6.45) is 0. The third-order valence-electron chi connectivity index (χ3n) is 5.23. The Morgan fingerprint density at radius 2 is 1.67 bits per heavy atom. The molecule has 0 unspecified atom stereocenters. The van der Waals surface area contributed by atoms with Crippen molar-refractivity contribution in [3.8, 4) is 11.3 Å². The fourth-order valence-corrected chi connectivity index (χ4v) is 6.08. The van der Waals surface area contributed by atoms with Gasteiger partial charge in [-0.05, 0) is 55.5 Å². The highest BCUT2D eigenvalue weighted by molar-refractivity contribution is 7.89. The number of benzene rings is 3. The van der Waals surface area contributed by atoms with Crippen LogP contribution in [0.4, 0.5) is 5.69 Å². The molecule has 4 aromatic rings. The van der Waals surface area contributed by atoms with Gasteiger partial charge in [0.1, 0.15) is 0 Å². The van der Waals surface area contributed by atoms with Crippen LogP contribution in [0.2, 0.25) is 15.1 Å². The number of sulfonamides is 1. The number of hydrogen-bond donors (Lipinski definition) is 1. The Hall–Kier alpha value is -2.46. The summed E-state index contributed by atoms with van der Waals surface area (Å²) in [4.78, 5) is 17.5. The van der Waals surface area contributed by atoms with Gasteiger partial charge >= 0.3 is 0 Å². The summed E-state index contributed by atoms with van der Waals surface area (Å²) < 4.78 is 28.1. The molecule has 0 atom stereocenters. The number of carbonyl (C=O) groups excluding carboxylic acids is 1. The molecule has 0 saturated heterocycles. The molecule has 0 aliphatic rings. The molecule has 186 valence electrons.